The molecule has 146 valence electrons. The fraction of sp³-hybridized carbons (Fsp3) is 0.421. The quantitative estimate of drug-likeness (QED) is 0.699. The number of fused-ring (bicyclic) bond motifs is 1. The second-order valence-corrected chi connectivity index (χ2v) is 8.90. The first-order valence-corrected chi connectivity index (χ1v) is 10.4. The Morgan fingerprint density at radius 2 is 1.96 bits per heavy atom. The van der Waals surface area contributed by atoms with Crippen molar-refractivity contribution in [1.82, 2.24) is 4.72 Å². The van der Waals surface area contributed by atoms with Crippen LogP contribution >= 0.6 is 0 Å². The summed E-state index contributed by atoms with van der Waals surface area (Å²) in [7, 11) is -3.80. The van der Waals surface area contributed by atoms with Gasteiger partial charge in [0, 0.05) is 30.1 Å². The van der Waals surface area contributed by atoms with Crippen molar-refractivity contribution in [1.29, 1.82) is 0 Å². The molecule has 1 amide bonds. The molecule has 0 aliphatic heterocycles. The predicted octanol–water partition coefficient (Wildman–Crippen LogP) is 2.38. The number of aliphatic hydroxyl groups is 1. The Morgan fingerprint density at radius 3 is 2.63 bits per heavy atom. The molecule has 2 aromatic rings. The highest BCUT2D eigenvalue weighted by Gasteiger charge is 2.37. The first-order valence-electron chi connectivity index (χ1n) is 8.91. The van der Waals surface area contributed by atoms with E-state index in [9.17, 15) is 18.3 Å². The molecule has 0 spiro atoms. The van der Waals surface area contributed by atoms with Crippen LogP contribution in [0.2, 0.25) is 0 Å². The molecule has 0 radical (unpaired) electrons. The van der Waals surface area contributed by atoms with E-state index in [0.29, 0.717) is 23.4 Å². The predicted molar refractivity (Wildman–Crippen MR) is 101 cm³/mol. The lowest BCUT2D eigenvalue weighted by molar-refractivity contribution is -0.118. The summed E-state index contributed by atoms with van der Waals surface area (Å²) < 4.78 is 33.0. The van der Waals surface area contributed by atoms with Crippen LogP contribution in [0.15, 0.2) is 45.9 Å². The molecule has 0 fully saturated rings. The smallest absolute Gasteiger partial charge is 0.240 e. The highest BCUT2D eigenvalue weighted by molar-refractivity contribution is 7.89. The lowest BCUT2D eigenvalue weighted by Gasteiger charge is -2.31. The molecule has 27 heavy (non-hydrogen) atoms. The summed E-state index contributed by atoms with van der Waals surface area (Å²) in [6.07, 6.45) is 3.44. The van der Waals surface area contributed by atoms with Crippen LogP contribution in [0, 0.1) is 5.92 Å². The number of amides is 1. The van der Waals surface area contributed by atoms with Gasteiger partial charge in [-0.25, -0.2) is 13.1 Å². The van der Waals surface area contributed by atoms with Crippen LogP contribution in [-0.2, 0) is 26.8 Å². The van der Waals surface area contributed by atoms with Gasteiger partial charge in [0.15, 0.2) is 0 Å². The number of nitrogens with one attached hydrogen (secondary N) is 2. The SMILES string of the molecule is CC(C)C(=O)Nc1ccc(S(=O)(=O)NCC2(O)CCCc3occc32)cc1. The number of anilines is 1. The van der Waals surface area contributed by atoms with Gasteiger partial charge in [-0.1, -0.05) is 13.8 Å². The first kappa shape index (κ1) is 19.6. The minimum Gasteiger partial charge on any atom is -0.469 e. The van der Waals surface area contributed by atoms with Crippen LogP contribution in [-0.4, -0.2) is 26.0 Å². The van der Waals surface area contributed by atoms with Gasteiger partial charge in [-0.15, -0.1) is 0 Å². The van der Waals surface area contributed by atoms with Crippen molar-refractivity contribution >= 4 is 21.6 Å². The Hall–Kier alpha value is -2.16. The van der Waals surface area contributed by atoms with Crippen molar-refractivity contribution in [3.05, 3.63) is 47.9 Å². The molecule has 1 aliphatic carbocycles. The Balaban J connectivity index is 1.70. The average molecular weight is 392 g/mol. The largest absolute Gasteiger partial charge is 0.469 e. The van der Waals surface area contributed by atoms with E-state index in [0.717, 1.165) is 12.8 Å². The minimum absolute atomic E-state index is 0.0665. The molecule has 1 aromatic carbocycles. The Labute approximate surface area is 158 Å². The van der Waals surface area contributed by atoms with E-state index in [-0.39, 0.29) is 23.3 Å². The average Bonchev–Trinajstić information content (AvgIpc) is 3.11. The molecule has 3 rings (SSSR count). The number of hydrogen-bond acceptors (Lipinski definition) is 5. The Bertz CT molecular complexity index is 918. The third kappa shape index (κ3) is 4.23. The molecule has 1 aliphatic rings. The van der Waals surface area contributed by atoms with Crippen molar-refractivity contribution in [2.24, 2.45) is 5.92 Å². The van der Waals surface area contributed by atoms with Crippen LogP contribution in [0.25, 0.3) is 0 Å². The summed E-state index contributed by atoms with van der Waals surface area (Å²) in [5, 5.41) is 13.6. The summed E-state index contributed by atoms with van der Waals surface area (Å²) in [4.78, 5) is 11.8. The third-order valence-electron chi connectivity index (χ3n) is 4.75. The fourth-order valence-electron chi connectivity index (χ4n) is 3.11. The van der Waals surface area contributed by atoms with Crippen LogP contribution in [0.5, 0.6) is 0 Å². The topological polar surface area (TPSA) is 109 Å². The van der Waals surface area contributed by atoms with E-state index in [1.54, 1.807) is 32.0 Å². The number of benzene rings is 1. The van der Waals surface area contributed by atoms with E-state index in [1.807, 2.05) is 0 Å². The molecule has 0 saturated heterocycles. The van der Waals surface area contributed by atoms with Crippen LogP contribution in [0.3, 0.4) is 0 Å². The summed E-state index contributed by atoms with van der Waals surface area (Å²) in [5.41, 5.74) is -0.108. The van der Waals surface area contributed by atoms with Gasteiger partial charge >= 0.3 is 0 Å². The lowest BCUT2D eigenvalue weighted by Crippen LogP contribution is -2.42. The maximum atomic E-state index is 12.6. The number of aryl methyl sites for hydroxylation is 1. The van der Waals surface area contributed by atoms with Gasteiger partial charge in [0.05, 0.1) is 11.2 Å². The van der Waals surface area contributed by atoms with Gasteiger partial charge in [0.25, 0.3) is 0 Å². The maximum Gasteiger partial charge on any atom is 0.240 e. The van der Waals surface area contributed by atoms with Crippen molar-refractivity contribution in [2.75, 3.05) is 11.9 Å². The molecule has 1 heterocycles. The molecule has 7 nitrogen and oxygen atoms in total. The molecule has 3 N–H and O–H groups in total. The summed E-state index contributed by atoms with van der Waals surface area (Å²) in [6, 6.07) is 7.62. The first-order chi connectivity index (χ1) is 12.7. The van der Waals surface area contributed by atoms with Crippen molar-refractivity contribution in [3.8, 4) is 0 Å². The second kappa shape index (κ2) is 7.46. The molecule has 1 unspecified atom stereocenters. The molecular weight excluding hydrogens is 368 g/mol. The van der Waals surface area contributed by atoms with Gasteiger partial charge in [-0.2, -0.15) is 0 Å². The number of furan rings is 1. The van der Waals surface area contributed by atoms with E-state index in [2.05, 4.69) is 10.0 Å². The van der Waals surface area contributed by atoms with Crippen LogP contribution in [0.1, 0.15) is 38.0 Å². The summed E-state index contributed by atoms with van der Waals surface area (Å²) >= 11 is 0. The fourth-order valence-corrected chi connectivity index (χ4v) is 4.20. The maximum absolute atomic E-state index is 12.6. The van der Waals surface area contributed by atoms with Gasteiger partial charge in [0.1, 0.15) is 11.4 Å². The van der Waals surface area contributed by atoms with E-state index < -0.39 is 15.6 Å². The number of carbonyl (C=O) groups excluding carboxylic acids is 1. The number of hydrogen-bond donors (Lipinski definition) is 3. The van der Waals surface area contributed by atoms with Gasteiger partial charge in [-0.3, -0.25) is 4.79 Å². The van der Waals surface area contributed by atoms with E-state index in [1.165, 1.54) is 18.4 Å². The molecule has 8 heteroatoms. The molecule has 0 saturated carbocycles. The number of sulfonamides is 1. The van der Waals surface area contributed by atoms with E-state index in [4.69, 9.17) is 4.42 Å². The zero-order valence-corrected chi connectivity index (χ0v) is 16.2. The molecular formula is C19H24N2O5S. The monoisotopic (exact) mass is 392 g/mol. The third-order valence-corrected chi connectivity index (χ3v) is 6.17. The molecule has 0 bridgehead atoms. The minimum atomic E-state index is -3.80. The molecule has 1 atom stereocenters. The van der Waals surface area contributed by atoms with Gasteiger partial charge in [-0.05, 0) is 43.2 Å². The van der Waals surface area contributed by atoms with Crippen molar-refractivity contribution in [2.45, 2.75) is 43.6 Å². The van der Waals surface area contributed by atoms with Gasteiger partial charge in [0.2, 0.25) is 15.9 Å². The Kier molecular flexibility index (Phi) is 5.41. The van der Waals surface area contributed by atoms with Crippen LogP contribution in [0.4, 0.5) is 5.69 Å². The second-order valence-electron chi connectivity index (χ2n) is 7.14. The zero-order chi connectivity index (χ0) is 19.7. The highest BCUT2D eigenvalue weighted by atomic mass is 32.2. The standard InChI is InChI=1S/C19H24N2O5S/c1-13(2)18(22)21-14-5-7-15(8-6-14)27(24,25)20-12-19(23)10-3-4-17-16(19)9-11-26-17/h5-9,11,13,20,23H,3-4,10,12H2,1-2H3,(H,21,22). The molecule has 1 aromatic heterocycles. The summed E-state index contributed by atoms with van der Waals surface area (Å²) in [6.45, 7) is 3.42. The van der Waals surface area contributed by atoms with E-state index >= 15 is 0 Å². The van der Waals surface area contributed by atoms with Crippen LogP contribution < -0.4 is 10.0 Å². The summed E-state index contributed by atoms with van der Waals surface area (Å²) in [5.74, 6) is 0.395. The highest BCUT2D eigenvalue weighted by Crippen LogP contribution is 2.35. The van der Waals surface area contributed by atoms with Gasteiger partial charge < -0.3 is 14.8 Å². The zero-order valence-electron chi connectivity index (χ0n) is 15.4. The number of rotatable bonds is 6. The lowest BCUT2D eigenvalue weighted by atomic mass is 9.83. The van der Waals surface area contributed by atoms with Crippen molar-refractivity contribution in [3.63, 3.8) is 0 Å². The van der Waals surface area contributed by atoms with Crippen molar-refractivity contribution < 1.29 is 22.7 Å². The Morgan fingerprint density at radius 1 is 1.26 bits per heavy atom. The number of carbonyl (C=O) groups is 1. The normalized spacial score (nSPS) is 19.7.